The van der Waals surface area contributed by atoms with Gasteiger partial charge in [0, 0.05) is 37.1 Å². The molecule has 1 nitrogen and oxygen atoms in total. The summed E-state index contributed by atoms with van der Waals surface area (Å²) in [4.78, 5) is 2.43. The lowest BCUT2D eigenvalue weighted by Crippen LogP contribution is -2.25. The molecule has 0 N–H and O–H groups in total. The molecule has 0 bridgehead atoms. The average molecular weight is 868 g/mol. The van der Waals surface area contributed by atoms with E-state index in [9.17, 15) is 0 Å². The summed E-state index contributed by atoms with van der Waals surface area (Å²) in [5.41, 5.74) is 20.9. The standard InChI is InChI=1S/C65H41NS/c1-2-16-49-43(14-1)15-13-22-50(49)44-30-36-48(37-31-44)66(62-26-11-6-17-51(62)46-33-39-64-57(40-46)56-21-7-12-27-63(56)67-64)47-34-28-42(29-35-47)45-32-38-55-54-20-5-10-25-60(54)65(61(55)41-45)58-23-8-3-18-52(58)53-19-4-9-24-59(53)65/h1-41H. The Hall–Kier alpha value is -8.30. The molecule has 12 aromatic rings. The van der Waals surface area contributed by atoms with Crippen molar-refractivity contribution in [1.29, 1.82) is 0 Å². The number of thiophene rings is 1. The van der Waals surface area contributed by atoms with Crippen LogP contribution in [0.5, 0.6) is 0 Å². The molecule has 0 unspecified atom stereocenters. The van der Waals surface area contributed by atoms with Crippen LogP contribution in [0.15, 0.2) is 249 Å². The van der Waals surface area contributed by atoms with E-state index < -0.39 is 0 Å². The number of hydrogen-bond acceptors (Lipinski definition) is 2. The topological polar surface area (TPSA) is 3.24 Å². The normalized spacial score (nSPS) is 12.9. The highest BCUT2D eigenvalue weighted by Gasteiger charge is 2.51. The van der Waals surface area contributed by atoms with Crippen LogP contribution >= 0.6 is 11.3 Å². The highest BCUT2D eigenvalue weighted by atomic mass is 32.1. The van der Waals surface area contributed by atoms with Gasteiger partial charge in [-0.1, -0.05) is 194 Å². The maximum atomic E-state index is 2.48. The highest BCUT2D eigenvalue weighted by molar-refractivity contribution is 7.25. The van der Waals surface area contributed by atoms with Crippen LogP contribution in [0, 0.1) is 0 Å². The van der Waals surface area contributed by atoms with Crippen LogP contribution in [0.2, 0.25) is 0 Å². The molecule has 1 heterocycles. The van der Waals surface area contributed by atoms with Crippen molar-refractivity contribution in [3.05, 3.63) is 271 Å². The van der Waals surface area contributed by atoms with Crippen molar-refractivity contribution in [3.8, 4) is 55.6 Å². The molecule has 0 radical (unpaired) electrons. The van der Waals surface area contributed by atoms with Gasteiger partial charge in [-0.15, -0.1) is 11.3 Å². The minimum absolute atomic E-state index is 0.383. The number of benzene rings is 11. The van der Waals surface area contributed by atoms with Gasteiger partial charge in [0.15, 0.2) is 0 Å². The minimum Gasteiger partial charge on any atom is -0.310 e. The Balaban J connectivity index is 0.910. The van der Waals surface area contributed by atoms with Crippen LogP contribution < -0.4 is 4.90 Å². The summed E-state index contributed by atoms with van der Waals surface area (Å²) >= 11 is 1.86. The first kappa shape index (κ1) is 38.0. The zero-order chi connectivity index (χ0) is 44.1. The van der Waals surface area contributed by atoms with Gasteiger partial charge in [0.05, 0.1) is 11.1 Å². The first-order valence-electron chi connectivity index (χ1n) is 23.2. The van der Waals surface area contributed by atoms with Crippen molar-refractivity contribution in [2.24, 2.45) is 0 Å². The molecule has 0 saturated heterocycles. The molecular formula is C65H41NS. The van der Waals surface area contributed by atoms with Crippen LogP contribution in [0.1, 0.15) is 22.3 Å². The molecule has 1 aromatic heterocycles. The fraction of sp³-hybridized carbons (Fsp3) is 0.0154. The second kappa shape index (κ2) is 14.9. The van der Waals surface area contributed by atoms with Gasteiger partial charge in [-0.25, -0.2) is 0 Å². The van der Waals surface area contributed by atoms with Crippen molar-refractivity contribution >= 4 is 59.3 Å². The zero-order valence-corrected chi connectivity index (χ0v) is 37.3. The lowest BCUT2D eigenvalue weighted by atomic mass is 9.70. The van der Waals surface area contributed by atoms with E-state index in [1.165, 1.54) is 109 Å². The molecule has 0 amide bonds. The summed E-state index contributed by atoms with van der Waals surface area (Å²) in [7, 11) is 0. The van der Waals surface area contributed by atoms with Gasteiger partial charge in [-0.05, 0) is 138 Å². The summed E-state index contributed by atoms with van der Waals surface area (Å²) in [6, 6.07) is 92.5. The van der Waals surface area contributed by atoms with Crippen LogP contribution in [0.4, 0.5) is 17.1 Å². The maximum absolute atomic E-state index is 2.48. The van der Waals surface area contributed by atoms with Gasteiger partial charge in [0.1, 0.15) is 0 Å². The number of nitrogens with zero attached hydrogens (tertiary/aromatic N) is 1. The summed E-state index contributed by atoms with van der Waals surface area (Å²) in [5, 5.41) is 5.11. The van der Waals surface area contributed by atoms with Crippen LogP contribution in [0.3, 0.4) is 0 Å². The lowest BCUT2D eigenvalue weighted by molar-refractivity contribution is 0.794. The van der Waals surface area contributed by atoms with Gasteiger partial charge >= 0.3 is 0 Å². The molecule has 312 valence electrons. The quantitative estimate of drug-likeness (QED) is 0.161. The Morgan fingerprint density at radius 3 is 1.48 bits per heavy atom. The van der Waals surface area contributed by atoms with E-state index in [1.54, 1.807) is 0 Å². The molecule has 0 saturated carbocycles. The maximum Gasteiger partial charge on any atom is 0.0725 e. The van der Waals surface area contributed by atoms with Crippen molar-refractivity contribution in [3.63, 3.8) is 0 Å². The number of hydrogen-bond donors (Lipinski definition) is 0. The second-order valence-corrected chi connectivity index (χ2v) is 19.0. The SMILES string of the molecule is c1ccc(N(c2ccc(-c3ccc4c(c3)C3(c5ccccc5-c5ccccc53)c3ccccc3-4)cc2)c2ccc(-c3cccc4ccccc34)cc2)c(-c2ccc3sc4ccccc4c3c2)c1. The number of fused-ring (bicyclic) bond motifs is 14. The predicted molar refractivity (Wildman–Crippen MR) is 284 cm³/mol. The van der Waals surface area contributed by atoms with Gasteiger partial charge in [0.2, 0.25) is 0 Å². The van der Waals surface area contributed by atoms with E-state index in [4.69, 9.17) is 0 Å². The molecule has 14 rings (SSSR count). The molecule has 0 atom stereocenters. The van der Waals surface area contributed by atoms with Crippen molar-refractivity contribution in [2.45, 2.75) is 5.41 Å². The minimum atomic E-state index is -0.383. The summed E-state index contributed by atoms with van der Waals surface area (Å²) in [5.74, 6) is 0. The van der Waals surface area contributed by atoms with E-state index in [2.05, 4.69) is 254 Å². The molecule has 1 spiro atoms. The number of rotatable bonds is 6. The van der Waals surface area contributed by atoms with Crippen LogP contribution in [-0.4, -0.2) is 0 Å². The third-order valence-corrected chi connectivity index (χ3v) is 15.7. The third kappa shape index (κ3) is 5.67. The first-order chi connectivity index (χ1) is 33.2. The highest BCUT2D eigenvalue weighted by Crippen LogP contribution is 2.63. The Bertz CT molecular complexity index is 3860. The largest absolute Gasteiger partial charge is 0.310 e. The van der Waals surface area contributed by atoms with E-state index in [-0.39, 0.29) is 5.41 Å². The molecular weight excluding hydrogens is 827 g/mol. The van der Waals surface area contributed by atoms with E-state index in [0.29, 0.717) is 0 Å². The third-order valence-electron chi connectivity index (χ3n) is 14.5. The fourth-order valence-corrected chi connectivity index (χ4v) is 12.7. The van der Waals surface area contributed by atoms with Crippen molar-refractivity contribution < 1.29 is 0 Å². The van der Waals surface area contributed by atoms with Crippen molar-refractivity contribution in [1.82, 2.24) is 0 Å². The predicted octanol–water partition coefficient (Wildman–Crippen LogP) is 18.0. The van der Waals surface area contributed by atoms with Gasteiger partial charge in [-0.3, -0.25) is 0 Å². The molecule has 2 aliphatic rings. The molecule has 0 fully saturated rings. The van der Waals surface area contributed by atoms with E-state index in [0.717, 1.165) is 17.1 Å². The summed E-state index contributed by atoms with van der Waals surface area (Å²) in [6.07, 6.45) is 0. The van der Waals surface area contributed by atoms with E-state index in [1.807, 2.05) is 11.3 Å². The van der Waals surface area contributed by atoms with Gasteiger partial charge in [-0.2, -0.15) is 0 Å². The average Bonchev–Trinajstić information content (AvgIpc) is 4.03. The molecule has 2 aliphatic carbocycles. The van der Waals surface area contributed by atoms with Crippen LogP contribution in [-0.2, 0) is 5.41 Å². The molecule has 2 heteroatoms. The molecule has 0 aliphatic heterocycles. The second-order valence-electron chi connectivity index (χ2n) is 17.9. The zero-order valence-electron chi connectivity index (χ0n) is 36.5. The fourth-order valence-electron chi connectivity index (χ4n) is 11.6. The Labute approximate surface area is 394 Å². The van der Waals surface area contributed by atoms with Gasteiger partial charge < -0.3 is 4.90 Å². The smallest absolute Gasteiger partial charge is 0.0725 e. The summed E-state index contributed by atoms with van der Waals surface area (Å²) in [6.45, 7) is 0. The van der Waals surface area contributed by atoms with Gasteiger partial charge in [0.25, 0.3) is 0 Å². The number of anilines is 3. The van der Waals surface area contributed by atoms with E-state index >= 15 is 0 Å². The number of para-hydroxylation sites is 1. The Kier molecular flexibility index (Phi) is 8.44. The first-order valence-corrected chi connectivity index (χ1v) is 24.0. The lowest BCUT2D eigenvalue weighted by Gasteiger charge is -2.30. The summed E-state index contributed by atoms with van der Waals surface area (Å²) < 4.78 is 2.62. The van der Waals surface area contributed by atoms with Crippen molar-refractivity contribution in [2.75, 3.05) is 4.90 Å². The Morgan fingerprint density at radius 2 is 0.776 bits per heavy atom. The molecule has 67 heavy (non-hydrogen) atoms. The Morgan fingerprint density at radius 1 is 0.284 bits per heavy atom. The molecule has 11 aromatic carbocycles. The van der Waals surface area contributed by atoms with Crippen LogP contribution in [0.25, 0.3) is 86.6 Å². The monoisotopic (exact) mass is 867 g/mol.